The molecule has 0 bridgehead atoms. The summed E-state index contributed by atoms with van der Waals surface area (Å²) in [6.45, 7) is 7.59. The quantitative estimate of drug-likeness (QED) is 0.548. The molecule has 2 heteroatoms. The lowest BCUT2D eigenvalue weighted by molar-refractivity contribution is -0.118. The van der Waals surface area contributed by atoms with E-state index >= 15 is 0 Å². The molecule has 0 N–H and O–H groups in total. The first-order chi connectivity index (χ1) is 7.11. The summed E-state index contributed by atoms with van der Waals surface area (Å²) in [6, 6.07) is 0.683. The number of carbonyl (C=O) groups is 1. The summed E-state index contributed by atoms with van der Waals surface area (Å²) in [6.07, 6.45) is 6.17. The zero-order valence-electron chi connectivity index (χ0n) is 10.9. The van der Waals surface area contributed by atoms with Gasteiger partial charge in [-0.25, -0.2) is 0 Å². The number of unbranched alkanes of at least 4 members (excludes halogenated alkanes) is 2. The number of rotatable bonds is 9. The highest BCUT2D eigenvalue weighted by atomic mass is 16.1. The molecule has 2 nitrogen and oxygen atoms in total. The van der Waals surface area contributed by atoms with Gasteiger partial charge >= 0.3 is 0 Å². The fourth-order valence-electron chi connectivity index (χ4n) is 1.57. The van der Waals surface area contributed by atoms with Crippen LogP contribution in [0.1, 0.15) is 59.3 Å². The molecule has 0 rings (SSSR count). The van der Waals surface area contributed by atoms with Crippen LogP contribution in [0.2, 0.25) is 0 Å². The third-order valence-electron chi connectivity index (χ3n) is 3.20. The molecule has 0 aromatic rings. The number of Topliss-reactive ketones (excluding diaryl/α,β-unsaturated/α-hetero) is 1. The predicted molar refractivity (Wildman–Crippen MR) is 66.1 cm³/mol. The molecular weight excluding hydrogens is 186 g/mol. The average Bonchev–Trinajstić information content (AvgIpc) is 2.26. The molecule has 0 saturated heterocycles. The topological polar surface area (TPSA) is 20.3 Å². The Morgan fingerprint density at radius 1 is 1.20 bits per heavy atom. The molecule has 1 unspecified atom stereocenters. The molecule has 0 radical (unpaired) electrons. The van der Waals surface area contributed by atoms with E-state index in [0.29, 0.717) is 18.2 Å². The Morgan fingerprint density at radius 2 is 1.87 bits per heavy atom. The van der Waals surface area contributed by atoms with Crippen LogP contribution in [0.3, 0.4) is 0 Å². The van der Waals surface area contributed by atoms with Gasteiger partial charge in [-0.15, -0.1) is 0 Å². The second-order valence-corrected chi connectivity index (χ2v) is 4.44. The SMILES string of the molecule is CCC(=O)CCCCCN(C)C(C)CC. The van der Waals surface area contributed by atoms with Crippen LogP contribution in [0.4, 0.5) is 0 Å². The van der Waals surface area contributed by atoms with Crippen LogP contribution in [0.25, 0.3) is 0 Å². The zero-order valence-corrected chi connectivity index (χ0v) is 10.9. The van der Waals surface area contributed by atoms with Crippen LogP contribution in [0.5, 0.6) is 0 Å². The third-order valence-corrected chi connectivity index (χ3v) is 3.20. The summed E-state index contributed by atoms with van der Waals surface area (Å²) < 4.78 is 0. The standard InChI is InChI=1S/C13H27NO/c1-5-12(3)14(4)11-9-7-8-10-13(15)6-2/h12H,5-11H2,1-4H3. The Bertz CT molecular complexity index is 168. The van der Waals surface area contributed by atoms with E-state index in [1.807, 2.05) is 6.92 Å². The largest absolute Gasteiger partial charge is 0.304 e. The molecule has 1 atom stereocenters. The van der Waals surface area contributed by atoms with E-state index in [4.69, 9.17) is 0 Å². The van der Waals surface area contributed by atoms with Crippen LogP contribution in [0.15, 0.2) is 0 Å². The van der Waals surface area contributed by atoms with Crippen molar-refractivity contribution in [3.8, 4) is 0 Å². The minimum atomic E-state index is 0.408. The van der Waals surface area contributed by atoms with E-state index in [0.717, 1.165) is 19.4 Å². The summed E-state index contributed by atoms with van der Waals surface area (Å²) >= 11 is 0. The maximum atomic E-state index is 11.1. The van der Waals surface area contributed by atoms with Crippen molar-refractivity contribution in [3.63, 3.8) is 0 Å². The summed E-state index contributed by atoms with van der Waals surface area (Å²) in [5, 5.41) is 0. The van der Waals surface area contributed by atoms with Gasteiger partial charge in [-0.3, -0.25) is 4.79 Å². The second kappa shape index (κ2) is 8.90. The first-order valence-electron chi connectivity index (χ1n) is 6.33. The van der Waals surface area contributed by atoms with E-state index in [1.165, 1.54) is 19.3 Å². The lowest BCUT2D eigenvalue weighted by Gasteiger charge is -2.23. The van der Waals surface area contributed by atoms with Crippen molar-refractivity contribution >= 4 is 5.78 Å². The van der Waals surface area contributed by atoms with Crippen LogP contribution in [-0.2, 0) is 4.79 Å². The molecule has 0 aromatic heterocycles. The van der Waals surface area contributed by atoms with E-state index < -0.39 is 0 Å². The first-order valence-corrected chi connectivity index (χ1v) is 6.33. The Balaban J connectivity index is 3.34. The Kier molecular flexibility index (Phi) is 8.68. The maximum absolute atomic E-state index is 11.1. The van der Waals surface area contributed by atoms with Crippen LogP contribution in [0, 0.1) is 0 Å². The molecule has 0 amide bonds. The van der Waals surface area contributed by atoms with Gasteiger partial charge < -0.3 is 4.90 Å². The summed E-state index contributed by atoms with van der Waals surface area (Å²) in [5.74, 6) is 0.408. The monoisotopic (exact) mass is 213 g/mol. The Hall–Kier alpha value is -0.370. The van der Waals surface area contributed by atoms with Crippen molar-refractivity contribution in [1.82, 2.24) is 4.90 Å². The normalized spacial score (nSPS) is 13.1. The maximum Gasteiger partial charge on any atom is 0.132 e. The van der Waals surface area contributed by atoms with Crippen molar-refractivity contribution in [2.45, 2.75) is 65.3 Å². The van der Waals surface area contributed by atoms with E-state index in [2.05, 4.69) is 25.8 Å². The number of hydrogen-bond donors (Lipinski definition) is 0. The molecule has 0 aliphatic carbocycles. The average molecular weight is 213 g/mol. The fraction of sp³-hybridized carbons (Fsp3) is 0.923. The molecule has 90 valence electrons. The molecule has 15 heavy (non-hydrogen) atoms. The first kappa shape index (κ1) is 14.6. The van der Waals surface area contributed by atoms with Gasteiger partial charge in [0.1, 0.15) is 5.78 Å². The number of carbonyl (C=O) groups excluding carboxylic acids is 1. The van der Waals surface area contributed by atoms with Gasteiger partial charge in [0.05, 0.1) is 0 Å². The summed E-state index contributed by atoms with van der Waals surface area (Å²) in [5.41, 5.74) is 0. The van der Waals surface area contributed by atoms with Crippen molar-refractivity contribution < 1.29 is 4.79 Å². The molecule has 0 aromatic carbocycles. The second-order valence-electron chi connectivity index (χ2n) is 4.44. The minimum Gasteiger partial charge on any atom is -0.304 e. The van der Waals surface area contributed by atoms with Crippen molar-refractivity contribution in [2.24, 2.45) is 0 Å². The van der Waals surface area contributed by atoms with Gasteiger partial charge in [0.15, 0.2) is 0 Å². The highest BCUT2D eigenvalue weighted by Crippen LogP contribution is 2.06. The lowest BCUT2D eigenvalue weighted by atomic mass is 10.1. The van der Waals surface area contributed by atoms with Gasteiger partial charge in [0, 0.05) is 18.9 Å². The Morgan fingerprint density at radius 3 is 2.40 bits per heavy atom. The molecule has 0 saturated carbocycles. The van der Waals surface area contributed by atoms with Crippen LogP contribution in [-0.4, -0.2) is 30.3 Å². The van der Waals surface area contributed by atoms with Gasteiger partial charge in [0.25, 0.3) is 0 Å². The number of hydrogen-bond acceptors (Lipinski definition) is 2. The molecule has 0 aliphatic heterocycles. The third kappa shape index (κ3) is 7.55. The van der Waals surface area contributed by atoms with Gasteiger partial charge in [-0.05, 0) is 39.8 Å². The van der Waals surface area contributed by atoms with Crippen LogP contribution >= 0.6 is 0 Å². The highest BCUT2D eigenvalue weighted by molar-refractivity contribution is 5.77. The van der Waals surface area contributed by atoms with E-state index in [9.17, 15) is 4.79 Å². The lowest BCUT2D eigenvalue weighted by Crippen LogP contribution is -2.29. The van der Waals surface area contributed by atoms with Gasteiger partial charge in [-0.2, -0.15) is 0 Å². The Labute approximate surface area is 95.0 Å². The summed E-state index contributed by atoms with van der Waals surface area (Å²) in [4.78, 5) is 13.5. The van der Waals surface area contributed by atoms with Crippen molar-refractivity contribution in [2.75, 3.05) is 13.6 Å². The predicted octanol–water partition coefficient (Wildman–Crippen LogP) is 3.26. The summed E-state index contributed by atoms with van der Waals surface area (Å²) in [7, 11) is 2.19. The molecule has 0 spiro atoms. The zero-order chi connectivity index (χ0) is 11.7. The van der Waals surface area contributed by atoms with Crippen LogP contribution < -0.4 is 0 Å². The van der Waals surface area contributed by atoms with Gasteiger partial charge in [0.2, 0.25) is 0 Å². The highest BCUT2D eigenvalue weighted by Gasteiger charge is 2.05. The minimum absolute atomic E-state index is 0.408. The number of ketones is 1. The van der Waals surface area contributed by atoms with E-state index in [1.54, 1.807) is 0 Å². The molecule has 0 aliphatic rings. The fourth-order valence-corrected chi connectivity index (χ4v) is 1.57. The smallest absolute Gasteiger partial charge is 0.132 e. The van der Waals surface area contributed by atoms with Crippen molar-refractivity contribution in [1.29, 1.82) is 0 Å². The number of nitrogens with zero attached hydrogens (tertiary/aromatic N) is 1. The molecule has 0 heterocycles. The molecular formula is C13H27NO. The van der Waals surface area contributed by atoms with Crippen molar-refractivity contribution in [3.05, 3.63) is 0 Å². The molecule has 0 fully saturated rings. The van der Waals surface area contributed by atoms with E-state index in [-0.39, 0.29) is 0 Å². The van der Waals surface area contributed by atoms with Gasteiger partial charge in [-0.1, -0.05) is 20.3 Å².